The van der Waals surface area contributed by atoms with Gasteiger partial charge in [-0.15, -0.1) is 0 Å². The molecule has 192 valence electrons. The van der Waals surface area contributed by atoms with Gasteiger partial charge in [0.05, 0.1) is 0 Å². The summed E-state index contributed by atoms with van der Waals surface area (Å²) in [6, 6.07) is 19.7. The van der Waals surface area contributed by atoms with Crippen molar-refractivity contribution in [1.82, 2.24) is 5.32 Å². The van der Waals surface area contributed by atoms with Crippen LogP contribution in [0.3, 0.4) is 0 Å². The van der Waals surface area contributed by atoms with Crippen LogP contribution in [0.25, 0.3) is 0 Å². The zero-order chi connectivity index (χ0) is 26.1. The van der Waals surface area contributed by atoms with Gasteiger partial charge in [0.2, 0.25) is 0 Å². The largest absolute Gasteiger partial charge is 0.507 e. The molecule has 0 spiro atoms. The van der Waals surface area contributed by atoms with Crippen LogP contribution < -0.4 is 10.6 Å². The van der Waals surface area contributed by atoms with E-state index in [1.165, 1.54) is 16.8 Å². The molecular weight excluding hydrogens is 448 g/mol. The molecule has 0 saturated carbocycles. The van der Waals surface area contributed by atoms with Gasteiger partial charge in [-0.3, -0.25) is 0 Å². The predicted molar refractivity (Wildman–Crippen MR) is 148 cm³/mol. The van der Waals surface area contributed by atoms with Crippen LogP contribution in [-0.2, 0) is 17.8 Å². The summed E-state index contributed by atoms with van der Waals surface area (Å²) in [7, 11) is 0. The molecule has 0 heterocycles. The number of hydrogen-bond acceptors (Lipinski definition) is 5. The Morgan fingerprint density at radius 3 is 2.19 bits per heavy atom. The van der Waals surface area contributed by atoms with E-state index in [-0.39, 0.29) is 17.9 Å². The zero-order valence-corrected chi connectivity index (χ0v) is 22.2. The van der Waals surface area contributed by atoms with E-state index >= 15 is 0 Å². The summed E-state index contributed by atoms with van der Waals surface area (Å²) in [4.78, 5) is 12.6. The van der Waals surface area contributed by atoms with Crippen molar-refractivity contribution in [2.24, 2.45) is 0 Å². The minimum absolute atomic E-state index is 0.00558. The number of aromatic hydroxyl groups is 1. The van der Waals surface area contributed by atoms with E-state index in [0.29, 0.717) is 24.8 Å². The highest BCUT2D eigenvalue weighted by Gasteiger charge is 2.17. The average molecular weight is 489 g/mol. The Labute approximate surface area is 215 Å². The Hall–Kier alpha value is -3.31. The second-order valence-electron chi connectivity index (χ2n) is 9.93. The van der Waals surface area contributed by atoms with Crippen LogP contribution >= 0.6 is 0 Å². The molecule has 36 heavy (non-hydrogen) atoms. The van der Waals surface area contributed by atoms with Gasteiger partial charge in [-0.1, -0.05) is 82.3 Å². The van der Waals surface area contributed by atoms with Crippen LogP contribution in [0.15, 0.2) is 60.7 Å². The van der Waals surface area contributed by atoms with Crippen molar-refractivity contribution in [3.05, 3.63) is 94.0 Å². The highest BCUT2D eigenvalue weighted by molar-refractivity contribution is 5.93. The molecule has 0 fully saturated rings. The van der Waals surface area contributed by atoms with Crippen molar-refractivity contribution in [2.75, 3.05) is 25.0 Å². The Morgan fingerprint density at radius 2 is 1.56 bits per heavy atom. The van der Waals surface area contributed by atoms with Crippen LogP contribution in [0, 0.1) is 6.92 Å². The number of rotatable bonds is 12. The molecule has 0 radical (unpaired) electrons. The molecule has 0 aliphatic carbocycles. The maximum Gasteiger partial charge on any atom is 0.342 e. The summed E-state index contributed by atoms with van der Waals surface area (Å²) in [6.07, 6.45) is 0.617. The second-order valence-corrected chi connectivity index (χ2v) is 9.93. The van der Waals surface area contributed by atoms with Gasteiger partial charge in [0.25, 0.3) is 0 Å². The number of hydrogen-bond donors (Lipinski definition) is 3. The number of anilines is 1. The molecule has 0 unspecified atom stereocenters. The van der Waals surface area contributed by atoms with Gasteiger partial charge in [-0.2, -0.15) is 0 Å². The van der Waals surface area contributed by atoms with E-state index in [1.807, 2.05) is 43.3 Å². The second kappa shape index (κ2) is 13.1. The lowest BCUT2D eigenvalue weighted by Crippen LogP contribution is -2.25. The summed E-state index contributed by atoms with van der Waals surface area (Å²) in [5.41, 5.74) is 6.73. The summed E-state index contributed by atoms with van der Waals surface area (Å²) in [6.45, 7) is 13.3. The van der Waals surface area contributed by atoms with Gasteiger partial charge >= 0.3 is 5.97 Å². The van der Waals surface area contributed by atoms with Crippen molar-refractivity contribution in [3.63, 3.8) is 0 Å². The molecule has 3 aromatic rings. The van der Waals surface area contributed by atoms with Crippen LogP contribution in [0.4, 0.5) is 5.69 Å². The zero-order valence-electron chi connectivity index (χ0n) is 22.2. The molecule has 0 bridgehead atoms. The molecule has 3 N–H and O–H groups in total. The van der Waals surface area contributed by atoms with Gasteiger partial charge < -0.3 is 20.5 Å². The average Bonchev–Trinajstić information content (AvgIpc) is 2.86. The molecule has 0 atom stereocenters. The molecular formula is C31H40N2O3. The van der Waals surface area contributed by atoms with Crippen molar-refractivity contribution in [1.29, 1.82) is 0 Å². The first-order valence-electron chi connectivity index (χ1n) is 12.9. The first-order valence-corrected chi connectivity index (χ1v) is 12.9. The number of benzene rings is 3. The molecule has 5 heteroatoms. The highest BCUT2D eigenvalue weighted by Crippen LogP contribution is 2.32. The molecule has 0 amide bonds. The fourth-order valence-electron chi connectivity index (χ4n) is 4.38. The third kappa shape index (κ3) is 7.34. The predicted octanol–water partition coefficient (Wildman–Crippen LogP) is 6.55. The minimum atomic E-state index is -0.511. The summed E-state index contributed by atoms with van der Waals surface area (Å²) >= 11 is 0. The third-order valence-corrected chi connectivity index (χ3v) is 6.31. The van der Waals surface area contributed by atoms with Crippen LogP contribution in [0.5, 0.6) is 5.75 Å². The van der Waals surface area contributed by atoms with Gasteiger partial charge in [0, 0.05) is 18.8 Å². The smallest absolute Gasteiger partial charge is 0.342 e. The first-order chi connectivity index (χ1) is 17.3. The van der Waals surface area contributed by atoms with E-state index in [4.69, 9.17) is 4.74 Å². The Morgan fingerprint density at radius 1 is 0.889 bits per heavy atom. The Balaban J connectivity index is 1.53. The van der Waals surface area contributed by atoms with Gasteiger partial charge in [0.15, 0.2) is 0 Å². The maximum absolute atomic E-state index is 12.6. The lowest BCUT2D eigenvalue weighted by atomic mass is 9.92. The number of para-hydroxylation sites is 1. The Kier molecular flexibility index (Phi) is 9.95. The SMILES string of the molecule is Cc1cc(CCNCCNc2c(C(C)C)cccc2C(C)C)c(O)c(C(=O)OCc2ccccc2)c1. The number of ether oxygens (including phenoxy) is 1. The fraction of sp³-hybridized carbons (Fsp3) is 0.387. The van der Waals surface area contributed by atoms with E-state index in [1.54, 1.807) is 6.07 Å². The number of aryl methyl sites for hydroxylation is 1. The van der Waals surface area contributed by atoms with E-state index in [0.717, 1.165) is 29.8 Å². The number of carbonyl (C=O) groups excluding carboxylic acids is 1. The van der Waals surface area contributed by atoms with Crippen molar-refractivity contribution >= 4 is 11.7 Å². The lowest BCUT2D eigenvalue weighted by molar-refractivity contribution is 0.0469. The molecule has 5 nitrogen and oxygen atoms in total. The number of nitrogens with one attached hydrogen (secondary N) is 2. The fourth-order valence-corrected chi connectivity index (χ4v) is 4.38. The molecule has 0 aromatic heterocycles. The van der Waals surface area contributed by atoms with Crippen molar-refractivity contribution < 1.29 is 14.6 Å². The van der Waals surface area contributed by atoms with Crippen LogP contribution in [0.2, 0.25) is 0 Å². The normalized spacial score (nSPS) is 11.2. The molecule has 0 aliphatic heterocycles. The number of phenols is 1. The van der Waals surface area contributed by atoms with Gasteiger partial charge in [-0.25, -0.2) is 4.79 Å². The number of esters is 1. The quantitative estimate of drug-likeness (QED) is 0.199. The van der Waals surface area contributed by atoms with Crippen LogP contribution in [0.1, 0.15) is 77.7 Å². The van der Waals surface area contributed by atoms with Gasteiger partial charge in [-0.05, 0) is 65.6 Å². The summed E-state index contributed by atoms with van der Waals surface area (Å²) < 4.78 is 5.43. The first kappa shape index (κ1) is 27.3. The highest BCUT2D eigenvalue weighted by atomic mass is 16.5. The Bertz CT molecular complexity index is 1110. The molecule has 3 aromatic carbocycles. The van der Waals surface area contributed by atoms with Crippen molar-refractivity contribution in [2.45, 2.75) is 59.5 Å². The minimum Gasteiger partial charge on any atom is -0.507 e. The molecule has 3 rings (SSSR count). The van der Waals surface area contributed by atoms with Crippen molar-refractivity contribution in [3.8, 4) is 5.75 Å². The summed E-state index contributed by atoms with van der Waals surface area (Å²) in [5.74, 6) is 0.406. The molecule has 0 aliphatic rings. The van der Waals surface area contributed by atoms with E-state index in [9.17, 15) is 9.90 Å². The number of phenolic OH excluding ortho intramolecular Hbond substituents is 1. The molecule has 0 saturated heterocycles. The van der Waals surface area contributed by atoms with E-state index in [2.05, 4.69) is 56.5 Å². The lowest BCUT2D eigenvalue weighted by Gasteiger charge is -2.21. The van der Waals surface area contributed by atoms with E-state index < -0.39 is 5.97 Å². The standard InChI is InChI=1S/C31H40N2O3/c1-21(2)26-12-9-13-27(22(3)4)29(26)33-17-16-32-15-14-25-18-23(5)19-28(30(25)34)31(35)36-20-24-10-7-6-8-11-24/h6-13,18-19,21-22,32-34H,14-17,20H2,1-5H3. The summed E-state index contributed by atoms with van der Waals surface area (Å²) in [5, 5.41) is 17.9. The van der Waals surface area contributed by atoms with Crippen LogP contribution in [-0.4, -0.2) is 30.7 Å². The third-order valence-electron chi connectivity index (χ3n) is 6.31. The monoisotopic (exact) mass is 488 g/mol. The maximum atomic E-state index is 12.6. The topological polar surface area (TPSA) is 70.6 Å². The van der Waals surface area contributed by atoms with Gasteiger partial charge in [0.1, 0.15) is 17.9 Å². The number of carbonyl (C=O) groups is 1.